The molecule has 2 N–H and O–H groups in total. The minimum Gasteiger partial charge on any atom is -0.367 e. The molecule has 204 valence electrons. The Balaban J connectivity index is 1.51. The van der Waals surface area contributed by atoms with Crippen LogP contribution in [-0.2, 0) is 11.3 Å². The molecule has 0 aromatic heterocycles. The number of carbonyl (C=O) groups is 3. The number of piperazine rings is 1. The van der Waals surface area contributed by atoms with Gasteiger partial charge >= 0.3 is 0 Å². The summed E-state index contributed by atoms with van der Waals surface area (Å²) in [6, 6.07) is 17.0. The molecule has 3 aromatic carbocycles. The lowest BCUT2D eigenvalue weighted by Crippen LogP contribution is -2.49. The number of nitrogens with zero attached hydrogens (tertiary/aromatic N) is 2. The monoisotopic (exact) mass is 534 g/mol. The van der Waals surface area contributed by atoms with E-state index in [-0.39, 0.29) is 41.6 Å². The van der Waals surface area contributed by atoms with E-state index in [1.54, 1.807) is 47.4 Å². The van der Waals surface area contributed by atoms with E-state index in [1.807, 2.05) is 18.7 Å². The summed E-state index contributed by atoms with van der Waals surface area (Å²) in [7, 11) is 0. The molecule has 39 heavy (non-hydrogen) atoms. The predicted octanol–water partition coefficient (Wildman–Crippen LogP) is 4.84. The Morgan fingerprint density at radius 2 is 1.56 bits per heavy atom. The van der Waals surface area contributed by atoms with Crippen molar-refractivity contribution in [3.63, 3.8) is 0 Å². The number of rotatable bonds is 8. The normalized spacial score (nSPS) is 13.4. The first-order valence-corrected chi connectivity index (χ1v) is 13.0. The molecule has 1 fully saturated rings. The molecule has 3 amide bonds. The highest BCUT2D eigenvalue weighted by molar-refractivity contribution is 6.02. The summed E-state index contributed by atoms with van der Waals surface area (Å²) < 4.78 is 27.4. The summed E-state index contributed by atoms with van der Waals surface area (Å²) in [6.07, 6.45) is 0.353. The van der Waals surface area contributed by atoms with Crippen LogP contribution >= 0.6 is 0 Å². The Morgan fingerprint density at radius 1 is 0.872 bits per heavy atom. The lowest BCUT2D eigenvalue weighted by molar-refractivity contribution is -0.116. The van der Waals surface area contributed by atoms with Gasteiger partial charge in [0.25, 0.3) is 11.8 Å². The molecule has 3 aromatic rings. The molecule has 1 saturated heterocycles. The summed E-state index contributed by atoms with van der Waals surface area (Å²) in [5, 5.41) is 5.73. The molecule has 7 nitrogen and oxygen atoms in total. The van der Waals surface area contributed by atoms with Crippen molar-refractivity contribution in [1.29, 1.82) is 0 Å². The van der Waals surface area contributed by atoms with Gasteiger partial charge in [-0.3, -0.25) is 14.4 Å². The van der Waals surface area contributed by atoms with E-state index in [4.69, 9.17) is 0 Å². The third kappa shape index (κ3) is 7.19. The average molecular weight is 535 g/mol. The van der Waals surface area contributed by atoms with Crippen LogP contribution in [0.1, 0.15) is 46.5 Å². The van der Waals surface area contributed by atoms with Gasteiger partial charge in [0.2, 0.25) is 5.91 Å². The van der Waals surface area contributed by atoms with Gasteiger partial charge in [-0.15, -0.1) is 0 Å². The second-order valence-corrected chi connectivity index (χ2v) is 9.95. The molecule has 0 spiro atoms. The SMILES string of the molecule is CC(C)CC(=O)Nc1ccc(N2CCN(C(=O)c3ccccc3F)CC2)c(C(=O)NCc2ccc(F)cc2)c1. The van der Waals surface area contributed by atoms with Gasteiger partial charge in [0.1, 0.15) is 11.6 Å². The zero-order valence-electron chi connectivity index (χ0n) is 22.0. The van der Waals surface area contributed by atoms with Gasteiger partial charge in [-0.25, -0.2) is 8.78 Å². The van der Waals surface area contributed by atoms with Crippen molar-refractivity contribution >= 4 is 29.1 Å². The van der Waals surface area contributed by atoms with Gasteiger partial charge in [-0.1, -0.05) is 38.1 Å². The van der Waals surface area contributed by atoms with Crippen molar-refractivity contribution in [1.82, 2.24) is 10.2 Å². The molecule has 0 radical (unpaired) electrons. The number of benzene rings is 3. The standard InChI is InChI=1S/C30H32F2N4O3/c1-20(2)17-28(37)34-23-11-12-27(25(18-23)29(38)33-19-21-7-9-22(31)10-8-21)35-13-15-36(16-14-35)30(39)24-5-3-4-6-26(24)32/h3-12,18,20H,13-17,19H2,1-2H3,(H,33,38)(H,34,37). The zero-order valence-corrected chi connectivity index (χ0v) is 22.0. The first-order chi connectivity index (χ1) is 18.7. The minimum atomic E-state index is -0.555. The van der Waals surface area contributed by atoms with Gasteiger partial charge in [0.05, 0.1) is 11.1 Å². The van der Waals surface area contributed by atoms with E-state index in [0.717, 1.165) is 5.56 Å². The van der Waals surface area contributed by atoms with Crippen molar-refractivity contribution in [3.8, 4) is 0 Å². The fourth-order valence-electron chi connectivity index (χ4n) is 4.49. The molecule has 1 aliphatic heterocycles. The lowest BCUT2D eigenvalue weighted by atomic mass is 10.1. The Kier molecular flexibility index (Phi) is 8.91. The molecule has 1 aliphatic rings. The van der Waals surface area contributed by atoms with Crippen LogP contribution in [0.25, 0.3) is 0 Å². The fraction of sp³-hybridized carbons (Fsp3) is 0.300. The largest absolute Gasteiger partial charge is 0.367 e. The van der Waals surface area contributed by atoms with E-state index >= 15 is 0 Å². The van der Waals surface area contributed by atoms with Gasteiger partial charge in [0, 0.05) is 50.5 Å². The van der Waals surface area contributed by atoms with E-state index in [2.05, 4.69) is 10.6 Å². The quantitative estimate of drug-likeness (QED) is 0.433. The van der Waals surface area contributed by atoms with Crippen LogP contribution in [-0.4, -0.2) is 48.8 Å². The van der Waals surface area contributed by atoms with Crippen LogP contribution in [0, 0.1) is 17.6 Å². The van der Waals surface area contributed by atoms with Crippen LogP contribution in [0.3, 0.4) is 0 Å². The number of amides is 3. The number of hydrogen-bond donors (Lipinski definition) is 2. The molecule has 0 saturated carbocycles. The van der Waals surface area contributed by atoms with Crippen molar-refractivity contribution in [3.05, 3.63) is 95.1 Å². The van der Waals surface area contributed by atoms with Crippen LogP contribution < -0.4 is 15.5 Å². The minimum absolute atomic E-state index is 0.0355. The third-order valence-corrected chi connectivity index (χ3v) is 6.50. The maximum Gasteiger partial charge on any atom is 0.256 e. The molecular weight excluding hydrogens is 502 g/mol. The molecule has 0 atom stereocenters. The second-order valence-electron chi connectivity index (χ2n) is 9.95. The summed E-state index contributed by atoms with van der Waals surface area (Å²) in [6.45, 7) is 5.71. The highest BCUT2D eigenvalue weighted by atomic mass is 19.1. The van der Waals surface area contributed by atoms with Crippen LogP contribution in [0.4, 0.5) is 20.2 Å². The Morgan fingerprint density at radius 3 is 2.23 bits per heavy atom. The van der Waals surface area contributed by atoms with Crippen molar-refractivity contribution in [2.24, 2.45) is 5.92 Å². The van der Waals surface area contributed by atoms with Gasteiger partial charge < -0.3 is 20.4 Å². The van der Waals surface area contributed by atoms with E-state index in [9.17, 15) is 23.2 Å². The first-order valence-electron chi connectivity index (χ1n) is 13.0. The molecule has 0 bridgehead atoms. The van der Waals surface area contributed by atoms with Crippen molar-refractivity contribution in [2.75, 3.05) is 36.4 Å². The third-order valence-electron chi connectivity index (χ3n) is 6.50. The molecule has 9 heteroatoms. The Bertz CT molecular complexity index is 1340. The van der Waals surface area contributed by atoms with Crippen LogP contribution in [0.5, 0.6) is 0 Å². The van der Waals surface area contributed by atoms with Gasteiger partial charge in [0.15, 0.2) is 0 Å². The molecule has 1 heterocycles. The van der Waals surface area contributed by atoms with E-state index in [1.165, 1.54) is 24.3 Å². The Hall–Kier alpha value is -4.27. The van der Waals surface area contributed by atoms with Crippen molar-refractivity contribution < 1.29 is 23.2 Å². The van der Waals surface area contributed by atoms with Crippen LogP contribution in [0.2, 0.25) is 0 Å². The maximum atomic E-state index is 14.1. The first kappa shape index (κ1) is 27.8. The van der Waals surface area contributed by atoms with Gasteiger partial charge in [-0.05, 0) is 53.9 Å². The maximum absolute atomic E-state index is 14.1. The van der Waals surface area contributed by atoms with Crippen molar-refractivity contribution in [2.45, 2.75) is 26.8 Å². The lowest BCUT2D eigenvalue weighted by Gasteiger charge is -2.37. The fourth-order valence-corrected chi connectivity index (χ4v) is 4.49. The number of halogens is 2. The summed E-state index contributed by atoms with van der Waals surface area (Å²) in [5.41, 5.74) is 2.31. The van der Waals surface area contributed by atoms with Gasteiger partial charge in [-0.2, -0.15) is 0 Å². The summed E-state index contributed by atoms with van der Waals surface area (Å²) >= 11 is 0. The summed E-state index contributed by atoms with van der Waals surface area (Å²) in [4.78, 5) is 42.1. The topological polar surface area (TPSA) is 81.8 Å². The molecule has 0 aliphatic carbocycles. The number of hydrogen-bond acceptors (Lipinski definition) is 4. The zero-order chi connectivity index (χ0) is 27.9. The Labute approximate surface area is 226 Å². The number of nitrogens with one attached hydrogen (secondary N) is 2. The average Bonchev–Trinajstić information content (AvgIpc) is 2.92. The second kappa shape index (κ2) is 12.5. The number of anilines is 2. The highest BCUT2D eigenvalue weighted by Crippen LogP contribution is 2.27. The van der Waals surface area contributed by atoms with E-state index in [0.29, 0.717) is 49.5 Å². The highest BCUT2D eigenvalue weighted by Gasteiger charge is 2.26. The van der Waals surface area contributed by atoms with E-state index < -0.39 is 5.82 Å². The number of carbonyl (C=O) groups excluding carboxylic acids is 3. The predicted molar refractivity (Wildman–Crippen MR) is 147 cm³/mol. The van der Waals surface area contributed by atoms with Crippen LogP contribution in [0.15, 0.2) is 66.7 Å². The smallest absolute Gasteiger partial charge is 0.256 e. The molecule has 0 unspecified atom stereocenters. The molecular formula is C30H32F2N4O3. The molecule has 4 rings (SSSR count). The summed E-state index contributed by atoms with van der Waals surface area (Å²) in [5.74, 6) is -1.58.